The first-order valence-electron chi connectivity index (χ1n) is 6.92. The third-order valence-corrected chi connectivity index (χ3v) is 4.63. The van der Waals surface area contributed by atoms with Crippen molar-refractivity contribution in [2.75, 3.05) is 0 Å². The van der Waals surface area contributed by atoms with E-state index in [1.165, 1.54) is 38.5 Å². The van der Waals surface area contributed by atoms with E-state index in [4.69, 9.17) is 0 Å². The normalized spacial score (nSPS) is 38.8. The highest BCUT2D eigenvalue weighted by Gasteiger charge is 2.32. The van der Waals surface area contributed by atoms with Crippen LogP contribution < -0.4 is 0 Å². The standard InChI is InChI=1S/C14H26/c1-2-7-12-9-6-10-13-8-4-3-5-11-14(12)13/h12-14H,2-11H2,1H3/t12-,13?,14-/m1/s1. The van der Waals surface area contributed by atoms with E-state index < -0.39 is 0 Å². The third-order valence-electron chi connectivity index (χ3n) is 4.63. The maximum absolute atomic E-state index is 2.36. The average Bonchev–Trinajstić information content (AvgIpc) is 2.44. The predicted octanol–water partition coefficient (Wildman–Crippen LogP) is 4.78. The summed E-state index contributed by atoms with van der Waals surface area (Å²) in [5.74, 6) is 3.37. The molecule has 3 atom stereocenters. The summed E-state index contributed by atoms with van der Waals surface area (Å²) < 4.78 is 0. The summed E-state index contributed by atoms with van der Waals surface area (Å²) in [7, 11) is 0. The van der Waals surface area contributed by atoms with E-state index in [9.17, 15) is 0 Å². The van der Waals surface area contributed by atoms with Crippen molar-refractivity contribution in [1.29, 1.82) is 0 Å². The van der Waals surface area contributed by atoms with Gasteiger partial charge in [0.2, 0.25) is 0 Å². The second-order valence-corrected chi connectivity index (χ2v) is 5.54. The van der Waals surface area contributed by atoms with E-state index in [1.807, 2.05) is 0 Å². The molecule has 2 fully saturated rings. The molecule has 82 valence electrons. The molecule has 0 bridgehead atoms. The van der Waals surface area contributed by atoms with Gasteiger partial charge in [-0.2, -0.15) is 0 Å². The van der Waals surface area contributed by atoms with Crippen molar-refractivity contribution in [2.45, 2.75) is 71.1 Å². The Balaban J connectivity index is 1.97. The maximum atomic E-state index is 2.36. The Labute approximate surface area is 89.5 Å². The van der Waals surface area contributed by atoms with Gasteiger partial charge in [-0.3, -0.25) is 0 Å². The van der Waals surface area contributed by atoms with Crippen molar-refractivity contribution in [3.8, 4) is 0 Å². The number of hydrogen-bond donors (Lipinski definition) is 0. The summed E-state index contributed by atoms with van der Waals surface area (Å²) in [6, 6.07) is 0. The van der Waals surface area contributed by atoms with Gasteiger partial charge in [-0.25, -0.2) is 0 Å². The van der Waals surface area contributed by atoms with Crippen LogP contribution in [0, 0.1) is 17.8 Å². The smallest absolute Gasteiger partial charge is 0.0357 e. The molecule has 0 radical (unpaired) electrons. The average molecular weight is 194 g/mol. The van der Waals surface area contributed by atoms with Crippen LogP contribution in [0.15, 0.2) is 0 Å². The summed E-state index contributed by atoms with van der Waals surface area (Å²) in [6.45, 7) is 2.36. The zero-order chi connectivity index (χ0) is 9.80. The molecule has 0 heteroatoms. The van der Waals surface area contributed by atoms with Gasteiger partial charge < -0.3 is 0 Å². The molecular formula is C14H26. The topological polar surface area (TPSA) is 0 Å². The van der Waals surface area contributed by atoms with Gasteiger partial charge in [0.1, 0.15) is 0 Å². The molecule has 0 heterocycles. The van der Waals surface area contributed by atoms with Crippen molar-refractivity contribution in [1.82, 2.24) is 0 Å². The minimum absolute atomic E-state index is 1.11. The quantitative estimate of drug-likeness (QED) is 0.593. The molecule has 2 aliphatic carbocycles. The van der Waals surface area contributed by atoms with Crippen LogP contribution in [-0.4, -0.2) is 0 Å². The van der Waals surface area contributed by atoms with Gasteiger partial charge in [0.15, 0.2) is 0 Å². The van der Waals surface area contributed by atoms with E-state index in [1.54, 1.807) is 25.7 Å². The predicted molar refractivity (Wildman–Crippen MR) is 62.3 cm³/mol. The molecule has 0 aliphatic heterocycles. The Morgan fingerprint density at radius 3 is 2.50 bits per heavy atom. The van der Waals surface area contributed by atoms with Crippen LogP contribution in [-0.2, 0) is 0 Å². The van der Waals surface area contributed by atoms with Crippen molar-refractivity contribution in [3.05, 3.63) is 0 Å². The van der Waals surface area contributed by atoms with E-state index in [0.717, 1.165) is 17.8 Å². The van der Waals surface area contributed by atoms with E-state index in [0.29, 0.717) is 0 Å². The van der Waals surface area contributed by atoms with Gasteiger partial charge in [0.05, 0.1) is 0 Å². The van der Waals surface area contributed by atoms with Crippen LogP contribution in [0.2, 0.25) is 0 Å². The highest BCUT2D eigenvalue weighted by atomic mass is 14.4. The van der Waals surface area contributed by atoms with Crippen LogP contribution >= 0.6 is 0 Å². The lowest BCUT2D eigenvalue weighted by Gasteiger charge is -2.37. The zero-order valence-corrected chi connectivity index (χ0v) is 9.80. The first kappa shape index (κ1) is 10.5. The van der Waals surface area contributed by atoms with Gasteiger partial charge in [-0.05, 0) is 24.2 Å². The Hall–Kier alpha value is 0. The molecule has 0 amide bonds. The van der Waals surface area contributed by atoms with Gasteiger partial charge in [-0.1, -0.05) is 64.7 Å². The summed E-state index contributed by atoms with van der Waals surface area (Å²) in [4.78, 5) is 0. The minimum atomic E-state index is 1.11. The lowest BCUT2D eigenvalue weighted by molar-refractivity contribution is 0.134. The highest BCUT2D eigenvalue weighted by molar-refractivity contribution is 4.83. The number of hydrogen-bond acceptors (Lipinski definition) is 0. The third kappa shape index (κ3) is 2.32. The molecule has 2 saturated carbocycles. The fourth-order valence-corrected chi connectivity index (χ4v) is 3.98. The molecule has 14 heavy (non-hydrogen) atoms. The Bertz CT molecular complexity index is 159. The van der Waals surface area contributed by atoms with Crippen molar-refractivity contribution < 1.29 is 0 Å². The van der Waals surface area contributed by atoms with Crippen LogP contribution in [0.1, 0.15) is 71.1 Å². The van der Waals surface area contributed by atoms with E-state index >= 15 is 0 Å². The number of rotatable bonds is 2. The van der Waals surface area contributed by atoms with Crippen molar-refractivity contribution >= 4 is 0 Å². The van der Waals surface area contributed by atoms with Gasteiger partial charge in [0.25, 0.3) is 0 Å². The second kappa shape index (κ2) is 5.19. The van der Waals surface area contributed by atoms with E-state index in [2.05, 4.69) is 6.92 Å². The van der Waals surface area contributed by atoms with Crippen LogP contribution in [0.5, 0.6) is 0 Å². The second-order valence-electron chi connectivity index (χ2n) is 5.54. The largest absolute Gasteiger partial charge is 0.0654 e. The van der Waals surface area contributed by atoms with Crippen LogP contribution in [0.3, 0.4) is 0 Å². The van der Waals surface area contributed by atoms with E-state index in [-0.39, 0.29) is 0 Å². The van der Waals surface area contributed by atoms with Gasteiger partial charge in [0, 0.05) is 0 Å². The summed E-state index contributed by atoms with van der Waals surface area (Å²) in [6.07, 6.45) is 15.3. The zero-order valence-electron chi connectivity index (χ0n) is 9.80. The Morgan fingerprint density at radius 2 is 1.64 bits per heavy atom. The van der Waals surface area contributed by atoms with Gasteiger partial charge in [-0.15, -0.1) is 0 Å². The Morgan fingerprint density at radius 1 is 0.857 bits per heavy atom. The maximum Gasteiger partial charge on any atom is -0.0357 e. The monoisotopic (exact) mass is 194 g/mol. The molecule has 0 aromatic rings. The van der Waals surface area contributed by atoms with Crippen molar-refractivity contribution in [3.63, 3.8) is 0 Å². The fraction of sp³-hybridized carbons (Fsp3) is 1.00. The molecule has 0 aromatic heterocycles. The molecule has 2 rings (SSSR count). The summed E-state index contributed by atoms with van der Waals surface area (Å²) in [5.41, 5.74) is 0. The molecule has 0 N–H and O–H groups in total. The van der Waals surface area contributed by atoms with Crippen molar-refractivity contribution in [2.24, 2.45) is 17.8 Å². The fourth-order valence-electron chi connectivity index (χ4n) is 3.98. The molecule has 0 nitrogen and oxygen atoms in total. The van der Waals surface area contributed by atoms with Crippen LogP contribution in [0.25, 0.3) is 0 Å². The molecule has 2 aliphatic rings. The molecule has 0 spiro atoms. The first-order chi connectivity index (χ1) is 6.92. The molecular weight excluding hydrogens is 168 g/mol. The Kier molecular flexibility index (Phi) is 3.89. The van der Waals surface area contributed by atoms with Crippen LogP contribution in [0.4, 0.5) is 0 Å². The molecule has 0 aromatic carbocycles. The summed E-state index contributed by atoms with van der Waals surface area (Å²) >= 11 is 0. The number of fused-ring (bicyclic) bond motifs is 1. The highest BCUT2D eigenvalue weighted by Crippen LogP contribution is 2.44. The molecule has 1 unspecified atom stereocenters. The lowest BCUT2D eigenvalue weighted by Crippen LogP contribution is -2.27. The molecule has 0 saturated heterocycles. The SMILES string of the molecule is CCC[C@@H]1CCCC2CCCCC[C@@H]21. The first-order valence-corrected chi connectivity index (χ1v) is 6.92. The minimum Gasteiger partial charge on any atom is -0.0654 e. The lowest BCUT2D eigenvalue weighted by atomic mass is 9.68. The van der Waals surface area contributed by atoms with Gasteiger partial charge >= 0.3 is 0 Å². The summed E-state index contributed by atoms with van der Waals surface area (Å²) in [5, 5.41) is 0.